The number of nitrogens with zero attached hydrogens (tertiary/aromatic N) is 2. The zero-order chi connectivity index (χ0) is 17.5. The molecule has 2 N–H and O–H groups in total. The lowest BCUT2D eigenvalue weighted by molar-refractivity contribution is 0.239. The number of rotatable bonds is 2. The molecule has 128 valence electrons. The number of aromatic hydroxyl groups is 1. The molecule has 5 nitrogen and oxygen atoms in total. The van der Waals surface area contributed by atoms with Crippen molar-refractivity contribution in [1.82, 2.24) is 14.9 Å². The Labute approximate surface area is 146 Å². The maximum atomic E-state index is 12.3. The normalized spacial score (nSPS) is 15.3. The highest BCUT2D eigenvalue weighted by atomic mass is 35.5. The van der Waals surface area contributed by atoms with E-state index in [0.717, 1.165) is 29.2 Å². The molecule has 0 saturated carbocycles. The van der Waals surface area contributed by atoms with Crippen LogP contribution in [0, 0.1) is 0 Å². The van der Waals surface area contributed by atoms with Crippen molar-refractivity contribution >= 4 is 11.6 Å². The summed E-state index contributed by atoms with van der Waals surface area (Å²) in [6, 6.07) is 5.02. The van der Waals surface area contributed by atoms with Crippen molar-refractivity contribution in [3.63, 3.8) is 0 Å². The van der Waals surface area contributed by atoms with Gasteiger partial charge in [0.25, 0.3) is 5.56 Å². The lowest BCUT2D eigenvalue weighted by Crippen LogP contribution is -2.36. The molecule has 1 aromatic heterocycles. The zero-order valence-electron chi connectivity index (χ0n) is 14.2. The summed E-state index contributed by atoms with van der Waals surface area (Å²) in [7, 11) is 0. The average molecular weight is 348 g/mol. The number of halogens is 1. The van der Waals surface area contributed by atoms with Gasteiger partial charge in [0.15, 0.2) is 0 Å². The van der Waals surface area contributed by atoms with E-state index in [4.69, 9.17) is 16.6 Å². The van der Waals surface area contributed by atoms with Gasteiger partial charge in [-0.2, -0.15) is 0 Å². The number of hydrogen-bond donors (Lipinski definition) is 2. The van der Waals surface area contributed by atoms with Gasteiger partial charge in [-0.25, -0.2) is 4.98 Å². The summed E-state index contributed by atoms with van der Waals surface area (Å²) < 4.78 is 0. The van der Waals surface area contributed by atoms with Crippen LogP contribution in [0.15, 0.2) is 23.0 Å². The third kappa shape index (κ3) is 3.47. The number of aromatic nitrogens is 2. The van der Waals surface area contributed by atoms with Crippen LogP contribution < -0.4 is 5.56 Å². The lowest BCUT2D eigenvalue weighted by atomic mass is 9.95. The molecular weight excluding hydrogens is 326 g/mol. The van der Waals surface area contributed by atoms with Gasteiger partial charge in [-0.05, 0) is 24.1 Å². The fourth-order valence-electron chi connectivity index (χ4n) is 2.89. The van der Waals surface area contributed by atoms with E-state index in [0.29, 0.717) is 24.5 Å². The number of nitrogens with one attached hydrogen (secondary N) is 1. The predicted octanol–water partition coefficient (Wildman–Crippen LogP) is 2.98. The molecule has 1 aromatic carbocycles. The van der Waals surface area contributed by atoms with E-state index in [1.165, 1.54) is 0 Å². The molecule has 2 heterocycles. The van der Waals surface area contributed by atoms with Crippen molar-refractivity contribution in [2.45, 2.75) is 45.7 Å². The average Bonchev–Trinajstić information content (AvgIpc) is 2.49. The number of hydrogen-bond acceptors (Lipinski definition) is 4. The van der Waals surface area contributed by atoms with E-state index in [1.807, 2.05) is 26.8 Å². The second-order valence-corrected chi connectivity index (χ2v) is 7.73. The van der Waals surface area contributed by atoms with E-state index in [9.17, 15) is 9.90 Å². The number of phenolic OH excluding ortho intramolecular Hbond substituents is 1. The molecule has 0 radical (unpaired) electrons. The molecular formula is C18H22ClN3O2. The Morgan fingerprint density at radius 3 is 2.79 bits per heavy atom. The van der Waals surface area contributed by atoms with Crippen LogP contribution in [0.25, 0.3) is 0 Å². The minimum absolute atomic E-state index is 0.0211. The first-order valence-corrected chi connectivity index (χ1v) is 8.44. The number of phenols is 1. The summed E-state index contributed by atoms with van der Waals surface area (Å²) in [5.41, 5.74) is 2.38. The molecule has 0 bridgehead atoms. The fourth-order valence-corrected chi connectivity index (χ4v) is 3.12. The third-order valence-electron chi connectivity index (χ3n) is 4.29. The fraction of sp³-hybridized carbons (Fsp3) is 0.444. The van der Waals surface area contributed by atoms with E-state index in [2.05, 4.69) is 9.88 Å². The Bertz CT molecular complexity index is 824. The summed E-state index contributed by atoms with van der Waals surface area (Å²) >= 11 is 6.20. The highest BCUT2D eigenvalue weighted by Gasteiger charge is 2.25. The zero-order valence-corrected chi connectivity index (χ0v) is 14.9. The van der Waals surface area contributed by atoms with Crippen molar-refractivity contribution in [3.8, 4) is 5.75 Å². The minimum Gasteiger partial charge on any atom is -0.508 e. The largest absolute Gasteiger partial charge is 0.508 e. The smallest absolute Gasteiger partial charge is 0.254 e. The van der Waals surface area contributed by atoms with Crippen molar-refractivity contribution in [1.29, 1.82) is 0 Å². The van der Waals surface area contributed by atoms with Gasteiger partial charge in [0, 0.05) is 35.6 Å². The first kappa shape index (κ1) is 17.0. The van der Waals surface area contributed by atoms with Gasteiger partial charge in [0.2, 0.25) is 0 Å². The van der Waals surface area contributed by atoms with Crippen LogP contribution in [0.5, 0.6) is 5.75 Å². The van der Waals surface area contributed by atoms with Crippen LogP contribution in [-0.2, 0) is 24.9 Å². The van der Waals surface area contributed by atoms with Crippen LogP contribution in [0.3, 0.4) is 0 Å². The predicted molar refractivity (Wildman–Crippen MR) is 94.5 cm³/mol. The molecule has 6 heteroatoms. The molecule has 0 unspecified atom stereocenters. The molecule has 3 rings (SSSR count). The maximum Gasteiger partial charge on any atom is 0.254 e. The van der Waals surface area contributed by atoms with Gasteiger partial charge in [-0.15, -0.1) is 0 Å². The van der Waals surface area contributed by atoms with Crippen LogP contribution in [0.1, 0.15) is 43.4 Å². The van der Waals surface area contributed by atoms with E-state index < -0.39 is 0 Å². The topological polar surface area (TPSA) is 69.2 Å². The molecule has 0 atom stereocenters. The molecule has 0 amide bonds. The number of H-pyrrole nitrogens is 1. The van der Waals surface area contributed by atoms with Gasteiger partial charge in [0.1, 0.15) is 11.6 Å². The molecule has 24 heavy (non-hydrogen) atoms. The Hall–Kier alpha value is -1.85. The Morgan fingerprint density at radius 2 is 2.12 bits per heavy atom. The first-order valence-electron chi connectivity index (χ1n) is 8.06. The monoisotopic (exact) mass is 347 g/mol. The maximum absolute atomic E-state index is 12.3. The van der Waals surface area contributed by atoms with E-state index in [1.54, 1.807) is 12.1 Å². The number of fused-ring (bicyclic) bond motifs is 1. The lowest BCUT2D eigenvalue weighted by Gasteiger charge is -2.29. The van der Waals surface area contributed by atoms with Crippen LogP contribution in [-0.4, -0.2) is 26.5 Å². The highest BCUT2D eigenvalue weighted by Crippen LogP contribution is 2.25. The number of aromatic amines is 1. The van der Waals surface area contributed by atoms with Gasteiger partial charge in [-0.3, -0.25) is 9.69 Å². The van der Waals surface area contributed by atoms with Gasteiger partial charge >= 0.3 is 0 Å². The molecule has 1 aliphatic rings. The standard InChI is InChI=1S/C18H22ClN3O2/c1-18(2,3)17-20-15-10-22(7-6-13(15)16(24)21-17)9-11-4-5-12(23)8-14(11)19/h4-5,8,23H,6-7,9-10H2,1-3H3,(H,20,21,24). The third-order valence-corrected chi connectivity index (χ3v) is 4.65. The summed E-state index contributed by atoms with van der Waals surface area (Å²) in [5, 5.41) is 10.0. The van der Waals surface area contributed by atoms with Crippen molar-refractivity contribution in [3.05, 3.63) is 56.2 Å². The quantitative estimate of drug-likeness (QED) is 0.876. The summed E-state index contributed by atoms with van der Waals surface area (Å²) in [5.74, 6) is 0.881. The van der Waals surface area contributed by atoms with Crippen molar-refractivity contribution < 1.29 is 5.11 Å². The van der Waals surface area contributed by atoms with Crippen molar-refractivity contribution in [2.75, 3.05) is 6.54 Å². The molecule has 0 fully saturated rings. The first-order chi connectivity index (χ1) is 11.2. The Kier molecular flexibility index (Phi) is 4.40. The second-order valence-electron chi connectivity index (χ2n) is 7.33. The SMILES string of the molecule is CC(C)(C)c1nc2c(c(=O)[nH]1)CCN(Cc1ccc(O)cc1Cl)C2. The van der Waals surface area contributed by atoms with Gasteiger partial charge < -0.3 is 10.1 Å². The molecule has 2 aromatic rings. The van der Waals surface area contributed by atoms with Crippen molar-refractivity contribution in [2.24, 2.45) is 0 Å². The highest BCUT2D eigenvalue weighted by molar-refractivity contribution is 6.31. The van der Waals surface area contributed by atoms with Gasteiger partial charge in [-0.1, -0.05) is 38.4 Å². The molecule has 0 aliphatic carbocycles. The molecule has 1 aliphatic heterocycles. The number of benzene rings is 1. The van der Waals surface area contributed by atoms with Crippen LogP contribution in [0.4, 0.5) is 0 Å². The van der Waals surface area contributed by atoms with Crippen LogP contribution >= 0.6 is 11.6 Å². The molecule has 0 spiro atoms. The van der Waals surface area contributed by atoms with E-state index in [-0.39, 0.29) is 16.7 Å². The minimum atomic E-state index is -0.198. The van der Waals surface area contributed by atoms with E-state index >= 15 is 0 Å². The summed E-state index contributed by atoms with van der Waals surface area (Å²) in [6.07, 6.45) is 0.678. The van der Waals surface area contributed by atoms with Crippen LogP contribution in [0.2, 0.25) is 5.02 Å². The summed E-state index contributed by atoms with van der Waals surface area (Å²) in [6.45, 7) is 8.18. The Morgan fingerprint density at radius 1 is 1.38 bits per heavy atom. The molecule has 0 saturated heterocycles. The summed E-state index contributed by atoms with van der Waals surface area (Å²) in [4.78, 5) is 22.2. The van der Waals surface area contributed by atoms with Gasteiger partial charge in [0.05, 0.1) is 5.69 Å². The second kappa shape index (κ2) is 6.22. The Balaban J connectivity index is 1.86.